The van der Waals surface area contributed by atoms with Gasteiger partial charge in [-0.1, -0.05) is 23.8 Å². The lowest BCUT2D eigenvalue weighted by Crippen LogP contribution is -2.27. The van der Waals surface area contributed by atoms with Gasteiger partial charge in [0.25, 0.3) is 11.8 Å². The number of carbonyl (C=O) groups is 2. The van der Waals surface area contributed by atoms with Crippen LogP contribution >= 0.6 is 0 Å². The Hall–Kier alpha value is -3.54. The van der Waals surface area contributed by atoms with E-state index in [0.717, 1.165) is 22.4 Å². The Morgan fingerprint density at radius 2 is 1.83 bits per heavy atom. The van der Waals surface area contributed by atoms with E-state index in [1.54, 1.807) is 37.4 Å². The summed E-state index contributed by atoms with van der Waals surface area (Å²) in [5.41, 5.74) is 3.83. The molecule has 0 fully saturated rings. The second kappa shape index (κ2) is 8.65. The second-order valence-electron chi connectivity index (χ2n) is 6.90. The zero-order valence-corrected chi connectivity index (χ0v) is 16.9. The molecule has 0 spiro atoms. The summed E-state index contributed by atoms with van der Waals surface area (Å²) in [6.07, 6.45) is 1.44. The van der Waals surface area contributed by atoms with Gasteiger partial charge in [-0.25, -0.2) is 0 Å². The SMILES string of the molecule is COc1ccc(C)cc1C(C)NC(=O)c1ccc(C)c(NC(=O)c2ccco2)c1. The van der Waals surface area contributed by atoms with Gasteiger partial charge in [-0.2, -0.15) is 0 Å². The van der Waals surface area contributed by atoms with Crippen LogP contribution in [0.3, 0.4) is 0 Å². The Morgan fingerprint density at radius 3 is 2.52 bits per heavy atom. The summed E-state index contributed by atoms with van der Waals surface area (Å²) in [4.78, 5) is 25.1. The molecule has 0 saturated heterocycles. The summed E-state index contributed by atoms with van der Waals surface area (Å²) in [7, 11) is 1.61. The number of nitrogens with one attached hydrogen (secondary N) is 2. The number of ether oxygens (including phenoxy) is 1. The van der Waals surface area contributed by atoms with Crippen LogP contribution in [-0.2, 0) is 0 Å². The fourth-order valence-electron chi connectivity index (χ4n) is 3.04. The molecule has 3 rings (SSSR count). The largest absolute Gasteiger partial charge is 0.496 e. The number of amides is 2. The van der Waals surface area contributed by atoms with Crippen molar-refractivity contribution in [3.8, 4) is 5.75 Å². The van der Waals surface area contributed by atoms with E-state index < -0.39 is 0 Å². The first-order chi connectivity index (χ1) is 13.9. The van der Waals surface area contributed by atoms with Crippen molar-refractivity contribution in [2.24, 2.45) is 0 Å². The van der Waals surface area contributed by atoms with Gasteiger partial charge in [0.1, 0.15) is 5.75 Å². The minimum Gasteiger partial charge on any atom is -0.496 e. The van der Waals surface area contributed by atoms with E-state index in [9.17, 15) is 9.59 Å². The van der Waals surface area contributed by atoms with Crippen LogP contribution < -0.4 is 15.4 Å². The topological polar surface area (TPSA) is 80.6 Å². The molecule has 1 aromatic heterocycles. The van der Waals surface area contributed by atoms with Crippen molar-refractivity contribution in [1.82, 2.24) is 5.32 Å². The van der Waals surface area contributed by atoms with Crippen molar-refractivity contribution in [2.45, 2.75) is 26.8 Å². The molecule has 0 bridgehead atoms. The molecule has 6 nitrogen and oxygen atoms in total. The highest BCUT2D eigenvalue weighted by Crippen LogP contribution is 2.26. The number of hydrogen-bond acceptors (Lipinski definition) is 4. The number of hydrogen-bond donors (Lipinski definition) is 2. The van der Waals surface area contributed by atoms with Gasteiger partial charge in [0.15, 0.2) is 5.76 Å². The van der Waals surface area contributed by atoms with E-state index in [1.165, 1.54) is 6.26 Å². The lowest BCUT2D eigenvalue weighted by atomic mass is 10.0. The van der Waals surface area contributed by atoms with Crippen molar-refractivity contribution >= 4 is 17.5 Å². The Labute approximate surface area is 169 Å². The monoisotopic (exact) mass is 392 g/mol. The van der Waals surface area contributed by atoms with Crippen LogP contribution in [0.2, 0.25) is 0 Å². The number of benzene rings is 2. The molecule has 1 unspecified atom stereocenters. The maximum atomic E-state index is 12.8. The minimum atomic E-state index is -0.367. The molecule has 0 saturated carbocycles. The molecule has 2 aromatic carbocycles. The van der Waals surface area contributed by atoms with Gasteiger partial charge >= 0.3 is 0 Å². The third kappa shape index (κ3) is 4.66. The van der Waals surface area contributed by atoms with Crippen molar-refractivity contribution < 1.29 is 18.7 Å². The fraction of sp³-hybridized carbons (Fsp3) is 0.217. The van der Waals surface area contributed by atoms with Gasteiger partial charge in [-0.3, -0.25) is 9.59 Å². The highest BCUT2D eigenvalue weighted by molar-refractivity contribution is 6.04. The van der Waals surface area contributed by atoms with E-state index in [4.69, 9.17) is 9.15 Å². The molecule has 2 N–H and O–H groups in total. The first-order valence-electron chi connectivity index (χ1n) is 9.30. The van der Waals surface area contributed by atoms with Gasteiger partial charge in [-0.15, -0.1) is 0 Å². The maximum Gasteiger partial charge on any atom is 0.291 e. The van der Waals surface area contributed by atoms with Gasteiger partial charge in [0.05, 0.1) is 19.4 Å². The van der Waals surface area contributed by atoms with E-state index >= 15 is 0 Å². The van der Waals surface area contributed by atoms with E-state index in [-0.39, 0.29) is 23.6 Å². The van der Waals surface area contributed by atoms with Crippen molar-refractivity contribution in [1.29, 1.82) is 0 Å². The second-order valence-corrected chi connectivity index (χ2v) is 6.90. The first-order valence-corrected chi connectivity index (χ1v) is 9.30. The predicted octanol–water partition coefficient (Wildman–Crippen LogP) is 4.65. The minimum absolute atomic E-state index is 0.208. The number of carbonyl (C=O) groups excluding carboxylic acids is 2. The van der Waals surface area contributed by atoms with E-state index in [0.29, 0.717) is 11.3 Å². The molecule has 0 radical (unpaired) electrons. The van der Waals surface area contributed by atoms with Crippen LogP contribution in [0.5, 0.6) is 5.75 Å². The van der Waals surface area contributed by atoms with Gasteiger partial charge in [0.2, 0.25) is 0 Å². The Bertz CT molecular complexity index is 1030. The molecule has 0 aliphatic heterocycles. The summed E-state index contributed by atoms with van der Waals surface area (Å²) < 4.78 is 10.5. The highest BCUT2D eigenvalue weighted by atomic mass is 16.5. The molecular formula is C23H24N2O4. The summed E-state index contributed by atoms with van der Waals surface area (Å²) in [6.45, 7) is 5.76. The van der Waals surface area contributed by atoms with Crippen LogP contribution in [0.4, 0.5) is 5.69 Å². The number of aryl methyl sites for hydroxylation is 2. The third-order valence-electron chi connectivity index (χ3n) is 4.69. The molecule has 29 heavy (non-hydrogen) atoms. The smallest absolute Gasteiger partial charge is 0.291 e. The molecule has 0 aliphatic carbocycles. The number of anilines is 1. The van der Waals surface area contributed by atoms with Crippen LogP contribution in [0.1, 0.15) is 50.6 Å². The number of methoxy groups -OCH3 is 1. The van der Waals surface area contributed by atoms with Crippen LogP contribution in [0, 0.1) is 13.8 Å². The van der Waals surface area contributed by atoms with Gasteiger partial charge < -0.3 is 19.8 Å². The molecular weight excluding hydrogens is 368 g/mol. The zero-order chi connectivity index (χ0) is 21.0. The number of rotatable bonds is 6. The van der Waals surface area contributed by atoms with Crippen molar-refractivity contribution in [3.05, 3.63) is 82.8 Å². The average molecular weight is 392 g/mol. The zero-order valence-electron chi connectivity index (χ0n) is 16.9. The van der Waals surface area contributed by atoms with Gasteiger partial charge in [-0.05, 0) is 56.7 Å². The Morgan fingerprint density at radius 1 is 1.03 bits per heavy atom. The van der Waals surface area contributed by atoms with Crippen molar-refractivity contribution in [2.75, 3.05) is 12.4 Å². The highest BCUT2D eigenvalue weighted by Gasteiger charge is 2.17. The Balaban J connectivity index is 1.77. The summed E-state index contributed by atoms with van der Waals surface area (Å²) >= 11 is 0. The van der Waals surface area contributed by atoms with Crippen LogP contribution in [0.15, 0.2) is 59.2 Å². The number of furan rings is 1. The predicted molar refractivity (Wildman–Crippen MR) is 111 cm³/mol. The molecule has 0 aliphatic rings. The molecule has 1 heterocycles. The van der Waals surface area contributed by atoms with Crippen LogP contribution in [0.25, 0.3) is 0 Å². The lowest BCUT2D eigenvalue weighted by molar-refractivity contribution is 0.0937. The fourth-order valence-corrected chi connectivity index (χ4v) is 3.04. The average Bonchev–Trinajstić information content (AvgIpc) is 3.24. The van der Waals surface area contributed by atoms with Crippen molar-refractivity contribution in [3.63, 3.8) is 0 Å². The summed E-state index contributed by atoms with van der Waals surface area (Å²) in [6, 6.07) is 14.0. The first kappa shape index (κ1) is 20.2. The lowest BCUT2D eigenvalue weighted by Gasteiger charge is -2.18. The molecule has 3 aromatic rings. The summed E-state index contributed by atoms with van der Waals surface area (Å²) in [5.74, 6) is 0.321. The van der Waals surface area contributed by atoms with Crippen LogP contribution in [-0.4, -0.2) is 18.9 Å². The normalized spacial score (nSPS) is 11.6. The molecule has 2 amide bonds. The van der Waals surface area contributed by atoms with E-state index in [1.807, 2.05) is 39.0 Å². The standard InChI is InChI=1S/C23H24N2O4/c1-14-7-10-20(28-4)18(12-14)16(3)24-22(26)17-9-8-15(2)19(13-17)25-23(27)21-6-5-11-29-21/h5-13,16H,1-4H3,(H,24,26)(H,25,27). The van der Waals surface area contributed by atoms with Gasteiger partial charge in [0, 0.05) is 16.8 Å². The molecule has 150 valence electrons. The quantitative estimate of drug-likeness (QED) is 0.640. The Kier molecular flexibility index (Phi) is 6.02. The summed E-state index contributed by atoms with van der Waals surface area (Å²) in [5, 5.41) is 5.78. The molecule has 6 heteroatoms. The maximum absolute atomic E-state index is 12.8. The molecule has 1 atom stereocenters. The third-order valence-corrected chi connectivity index (χ3v) is 4.69. The van der Waals surface area contributed by atoms with E-state index in [2.05, 4.69) is 10.6 Å².